The molecule has 0 radical (unpaired) electrons. The first kappa shape index (κ1) is 32.3. The average molecular weight is 614 g/mol. The Morgan fingerprint density at radius 2 is 1.32 bits per heavy atom. The normalized spacial score (nSPS) is 11.9. The van der Waals surface area contributed by atoms with Crippen molar-refractivity contribution in [3.8, 4) is 5.75 Å². The molecule has 0 saturated carbocycles. The van der Waals surface area contributed by atoms with Gasteiger partial charge >= 0.3 is 0 Å². The van der Waals surface area contributed by atoms with Gasteiger partial charge in [-0.25, -0.2) is 8.42 Å². The minimum Gasteiger partial charge on any atom is -0.494 e. The standard InChI is InChI=1S/C35H39N3O5S/c1-4-43-31-20-22-32(23-21-31)44(41,42)38(30-18-12-7-13-19-30)26-34(39)37(25-29-16-10-6-11-17-29)33(35(40)36-27(2)3)24-28-14-8-5-9-15-28/h5-23,27,33H,4,24-26H2,1-3H3,(H,36,40)/t33-/m1/s1. The van der Waals surface area contributed by atoms with Crippen LogP contribution in [0.1, 0.15) is 31.9 Å². The van der Waals surface area contributed by atoms with Crippen LogP contribution in [0.4, 0.5) is 5.69 Å². The predicted octanol–water partition coefficient (Wildman–Crippen LogP) is 5.45. The van der Waals surface area contributed by atoms with E-state index in [9.17, 15) is 18.0 Å². The Kier molecular flexibility index (Phi) is 11.2. The number of amides is 2. The molecule has 0 saturated heterocycles. The fourth-order valence-electron chi connectivity index (χ4n) is 4.84. The Labute approximate surface area is 260 Å². The Morgan fingerprint density at radius 1 is 0.773 bits per heavy atom. The summed E-state index contributed by atoms with van der Waals surface area (Å²) < 4.78 is 34.8. The maximum Gasteiger partial charge on any atom is 0.264 e. The van der Waals surface area contributed by atoms with Crippen molar-refractivity contribution in [3.63, 3.8) is 0 Å². The van der Waals surface area contributed by atoms with Crippen molar-refractivity contribution in [1.82, 2.24) is 10.2 Å². The third-order valence-corrected chi connectivity index (χ3v) is 8.73. The number of rotatable bonds is 14. The van der Waals surface area contributed by atoms with Gasteiger partial charge in [-0.05, 0) is 68.3 Å². The zero-order valence-corrected chi connectivity index (χ0v) is 26.1. The zero-order valence-electron chi connectivity index (χ0n) is 25.3. The van der Waals surface area contributed by atoms with E-state index >= 15 is 0 Å². The maximum absolute atomic E-state index is 14.4. The van der Waals surface area contributed by atoms with E-state index in [1.54, 1.807) is 42.5 Å². The van der Waals surface area contributed by atoms with Gasteiger partial charge in [-0.1, -0.05) is 78.9 Å². The molecule has 0 spiro atoms. The minimum atomic E-state index is -4.18. The molecular weight excluding hydrogens is 574 g/mol. The molecule has 0 aromatic heterocycles. The molecule has 0 heterocycles. The quantitative estimate of drug-likeness (QED) is 0.204. The van der Waals surface area contributed by atoms with Crippen molar-refractivity contribution in [2.75, 3.05) is 17.5 Å². The predicted molar refractivity (Wildman–Crippen MR) is 173 cm³/mol. The van der Waals surface area contributed by atoms with Crippen LogP contribution >= 0.6 is 0 Å². The van der Waals surface area contributed by atoms with Crippen LogP contribution in [0, 0.1) is 0 Å². The van der Waals surface area contributed by atoms with Crippen LogP contribution in [0.15, 0.2) is 120 Å². The summed E-state index contributed by atoms with van der Waals surface area (Å²) in [5.74, 6) is -0.274. The van der Waals surface area contributed by atoms with Crippen LogP contribution in [0.25, 0.3) is 0 Å². The molecule has 4 aromatic carbocycles. The maximum atomic E-state index is 14.4. The summed E-state index contributed by atoms with van der Waals surface area (Å²) in [6.07, 6.45) is 0.259. The second-order valence-corrected chi connectivity index (χ2v) is 12.5. The molecule has 1 atom stereocenters. The smallest absolute Gasteiger partial charge is 0.264 e. The molecule has 8 nitrogen and oxygen atoms in total. The van der Waals surface area contributed by atoms with Crippen LogP contribution < -0.4 is 14.4 Å². The van der Waals surface area contributed by atoms with Gasteiger partial charge in [0.05, 0.1) is 17.2 Å². The van der Waals surface area contributed by atoms with E-state index in [1.807, 2.05) is 81.4 Å². The Balaban J connectivity index is 1.76. The summed E-state index contributed by atoms with van der Waals surface area (Å²) in [4.78, 5) is 29.6. The van der Waals surface area contributed by atoms with Gasteiger partial charge in [-0.15, -0.1) is 0 Å². The number of anilines is 1. The second kappa shape index (κ2) is 15.2. The third-order valence-electron chi connectivity index (χ3n) is 6.94. The van der Waals surface area contributed by atoms with Crippen molar-refractivity contribution < 1.29 is 22.7 Å². The first-order valence-electron chi connectivity index (χ1n) is 14.7. The summed E-state index contributed by atoms with van der Waals surface area (Å²) in [6.45, 7) is 5.63. The highest BCUT2D eigenvalue weighted by Gasteiger charge is 2.34. The Morgan fingerprint density at radius 3 is 1.86 bits per heavy atom. The molecule has 0 fully saturated rings. The second-order valence-electron chi connectivity index (χ2n) is 10.6. The van der Waals surface area contributed by atoms with E-state index < -0.39 is 28.5 Å². The highest BCUT2D eigenvalue weighted by molar-refractivity contribution is 7.92. The van der Waals surface area contributed by atoms with E-state index in [1.165, 1.54) is 17.0 Å². The summed E-state index contributed by atoms with van der Waals surface area (Å²) in [5.41, 5.74) is 2.03. The number of benzene rings is 4. The number of carbonyl (C=O) groups is 2. The number of sulfonamides is 1. The Bertz CT molecular complexity index is 1600. The van der Waals surface area contributed by atoms with Gasteiger partial charge in [0.1, 0.15) is 18.3 Å². The molecule has 0 aliphatic carbocycles. The summed E-state index contributed by atoms with van der Waals surface area (Å²) in [5, 5.41) is 2.96. The molecule has 2 amide bonds. The molecule has 0 unspecified atom stereocenters. The van der Waals surface area contributed by atoms with Gasteiger partial charge in [0.2, 0.25) is 11.8 Å². The Hall–Kier alpha value is -4.63. The van der Waals surface area contributed by atoms with Crippen molar-refractivity contribution in [2.45, 2.75) is 50.7 Å². The van der Waals surface area contributed by atoms with Gasteiger partial charge in [-0.2, -0.15) is 0 Å². The molecule has 44 heavy (non-hydrogen) atoms. The molecule has 9 heteroatoms. The van der Waals surface area contributed by atoms with Crippen molar-refractivity contribution in [1.29, 1.82) is 0 Å². The van der Waals surface area contributed by atoms with Crippen molar-refractivity contribution in [3.05, 3.63) is 126 Å². The lowest BCUT2D eigenvalue weighted by Crippen LogP contribution is -2.54. The summed E-state index contributed by atoms with van der Waals surface area (Å²) in [6, 6.07) is 32.4. The number of nitrogens with zero attached hydrogens (tertiary/aromatic N) is 2. The van der Waals surface area contributed by atoms with E-state index in [0.29, 0.717) is 18.0 Å². The van der Waals surface area contributed by atoms with Crippen LogP contribution in [0.2, 0.25) is 0 Å². The fraction of sp³-hybridized carbons (Fsp3) is 0.257. The molecule has 4 rings (SSSR count). The topological polar surface area (TPSA) is 96.0 Å². The van der Waals surface area contributed by atoms with Crippen LogP contribution in [-0.4, -0.2) is 50.4 Å². The first-order chi connectivity index (χ1) is 21.2. The number of carbonyl (C=O) groups excluding carboxylic acids is 2. The highest BCUT2D eigenvalue weighted by Crippen LogP contribution is 2.26. The lowest BCUT2D eigenvalue weighted by atomic mass is 10.0. The summed E-state index contributed by atoms with van der Waals surface area (Å²) in [7, 11) is -4.18. The van der Waals surface area contributed by atoms with Gasteiger partial charge in [0.25, 0.3) is 10.0 Å². The molecule has 0 bridgehead atoms. The van der Waals surface area contributed by atoms with Gasteiger partial charge in [0.15, 0.2) is 0 Å². The van der Waals surface area contributed by atoms with Crippen LogP contribution in [0.3, 0.4) is 0 Å². The van der Waals surface area contributed by atoms with Gasteiger partial charge < -0.3 is 15.0 Å². The lowest BCUT2D eigenvalue weighted by molar-refractivity contribution is -0.140. The van der Waals surface area contributed by atoms with Gasteiger partial charge in [0, 0.05) is 19.0 Å². The van der Waals surface area contributed by atoms with E-state index in [-0.39, 0.29) is 29.8 Å². The zero-order chi connectivity index (χ0) is 31.5. The number of hydrogen-bond acceptors (Lipinski definition) is 5. The van der Waals surface area contributed by atoms with Gasteiger partial charge in [-0.3, -0.25) is 13.9 Å². The molecule has 0 aliphatic heterocycles. The number of nitrogens with one attached hydrogen (secondary N) is 1. The van der Waals surface area contributed by atoms with Crippen molar-refractivity contribution >= 4 is 27.5 Å². The van der Waals surface area contributed by atoms with E-state index in [0.717, 1.165) is 15.4 Å². The SMILES string of the molecule is CCOc1ccc(S(=O)(=O)N(CC(=O)N(Cc2ccccc2)[C@H](Cc2ccccc2)C(=O)NC(C)C)c2ccccc2)cc1. The highest BCUT2D eigenvalue weighted by atomic mass is 32.2. The van der Waals surface area contributed by atoms with E-state index in [2.05, 4.69) is 5.32 Å². The molecular formula is C35H39N3O5S. The van der Waals surface area contributed by atoms with Crippen molar-refractivity contribution in [2.24, 2.45) is 0 Å². The number of para-hydroxylation sites is 1. The average Bonchev–Trinajstić information content (AvgIpc) is 3.03. The summed E-state index contributed by atoms with van der Waals surface area (Å²) >= 11 is 0. The third kappa shape index (κ3) is 8.48. The molecule has 0 aliphatic rings. The fourth-order valence-corrected chi connectivity index (χ4v) is 6.25. The number of hydrogen-bond donors (Lipinski definition) is 1. The minimum absolute atomic E-state index is 0.0191. The van der Waals surface area contributed by atoms with E-state index in [4.69, 9.17) is 4.74 Å². The first-order valence-corrected chi connectivity index (χ1v) is 16.1. The lowest BCUT2D eigenvalue weighted by Gasteiger charge is -2.34. The van der Waals surface area contributed by atoms with Crippen LogP contribution in [0.5, 0.6) is 5.75 Å². The largest absolute Gasteiger partial charge is 0.494 e. The monoisotopic (exact) mass is 613 g/mol. The number of ether oxygens (including phenoxy) is 1. The van der Waals surface area contributed by atoms with Crippen LogP contribution in [-0.2, 0) is 32.6 Å². The molecule has 1 N–H and O–H groups in total. The molecule has 230 valence electrons. The molecule has 4 aromatic rings.